The van der Waals surface area contributed by atoms with Crippen LogP contribution in [0.2, 0.25) is 0 Å². The van der Waals surface area contributed by atoms with Crippen molar-refractivity contribution in [3.63, 3.8) is 0 Å². The lowest BCUT2D eigenvalue weighted by molar-refractivity contribution is 0.393. The Hall–Kier alpha value is -1.58. The SMILES string of the molecule is N=C(N)N1CCC[C@H]1c1cccnc1. The molecular weight excluding hydrogens is 176 g/mol. The average molecular weight is 190 g/mol. The van der Waals surface area contributed by atoms with E-state index in [1.54, 1.807) is 6.20 Å². The minimum absolute atomic E-state index is 0.163. The topological polar surface area (TPSA) is 66.0 Å². The molecule has 74 valence electrons. The number of guanidine groups is 1. The van der Waals surface area contributed by atoms with Crippen molar-refractivity contribution in [1.82, 2.24) is 9.88 Å². The molecule has 1 aromatic rings. The summed E-state index contributed by atoms with van der Waals surface area (Å²) in [5.74, 6) is 0.163. The highest BCUT2D eigenvalue weighted by Crippen LogP contribution is 2.30. The molecule has 2 rings (SSSR count). The molecular formula is C10H14N4. The standard InChI is InChI=1S/C10H14N4/c11-10(12)14-6-2-4-9(14)8-3-1-5-13-7-8/h1,3,5,7,9H,2,4,6H2,(H3,11,12)/t9-/m0/s1. The van der Waals surface area contributed by atoms with Gasteiger partial charge in [0.2, 0.25) is 0 Å². The largest absolute Gasteiger partial charge is 0.370 e. The molecule has 14 heavy (non-hydrogen) atoms. The maximum absolute atomic E-state index is 7.45. The van der Waals surface area contributed by atoms with E-state index in [-0.39, 0.29) is 12.0 Å². The van der Waals surface area contributed by atoms with Crippen LogP contribution in [-0.4, -0.2) is 22.4 Å². The van der Waals surface area contributed by atoms with Gasteiger partial charge in [0.25, 0.3) is 0 Å². The van der Waals surface area contributed by atoms with E-state index in [9.17, 15) is 0 Å². The number of hydrogen-bond acceptors (Lipinski definition) is 2. The van der Waals surface area contributed by atoms with E-state index in [0.717, 1.165) is 24.9 Å². The molecule has 0 unspecified atom stereocenters. The number of likely N-dealkylation sites (tertiary alicyclic amines) is 1. The monoisotopic (exact) mass is 190 g/mol. The molecule has 0 radical (unpaired) electrons. The maximum Gasteiger partial charge on any atom is 0.188 e. The van der Waals surface area contributed by atoms with E-state index in [0.29, 0.717) is 0 Å². The number of pyridine rings is 1. The summed E-state index contributed by atoms with van der Waals surface area (Å²) in [6.45, 7) is 0.884. The summed E-state index contributed by atoms with van der Waals surface area (Å²) >= 11 is 0. The van der Waals surface area contributed by atoms with Crippen LogP contribution in [0.25, 0.3) is 0 Å². The van der Waals surface area contributed by atoms with E-state index in [2.05, 4.69) is 4.98 Å². The van der Waals surface area contributed by atoms with Crippen molar-refractivity contribution in [2.24, 2.45) is 5.73 Å². The van der Waals surface area contributed by atoms with Gasteiger partial charge in [0.05, 0.1) is 6.04 Å². The summed E-state index contributed by atoms with van der Waals surface area (Å²) in [5.41, 5.74) is 6.67. The lowest BCUT2D eigenvalue weighted by Crippen LogP contribution is -2.35. The molecule has 1 aliphatic heterocycles. The van der Waals surface area contributed by atoms with Crippen LogP contribution >= 0.6 is 0 Å². The molecule has 1 aromatic heterocycles. The number of aromatic nitrogens is 1. The Labute approximate surface area is 83.3 Å². The molecule has 3 N–H and O–H groups in total. The molecule has 0 amide bonds. The van der Waals surface area contributed by atoms with Gasteiger partial charge in [0, 0.05) is 18.9 Å². The van der Waals surface area contributed by atoms with Gasteiger partial charge in [-0.25, -0.2) is 0 Å². The second kappa shape index (κ2) is 3.65. The van der Waals surface area contributed by atoms with Crippen molar-refractivity contribution in [1.29, 1.82) is 5.41 Å². The van der Waals surface area contributed by atoms with Gasteiger partial charge in [-0.2, -0.15) is 0 Å². The van der Waals surface area contributed by atoms with E-state index in [4.69, 9.17) is 11.1 Å². The summed E-state index contributed by atoms with van der Waals surface area (Å²) in [4.78, 5) is 6.01. The van der Waals surface area contributed by atoms with Crippen LogP contribution in [0.3, 0.4) is 0 Å². The Balaban J connectivity index is 2.22. The van der Waals surface area contributed by atoms with Crippen molar-refractivity contribution in [2.75, 3.05) is 6.54 Å². The molecule has 4 nitrogen and oxygen atoms in total. The molecule has 4 heteroatoms. The van der Waals surface area contributed by atoms with E-state index in [1.165, 1.54) is 0 Å². The van der Waals surface area contributed by atoms with Gasteiger partial charge >= 0.3 is 0 Å². The van der Waals surface area contributed by atoms with Crippen LogP contribution in [-0.2, 0) is 0 Å². The second-order valence-corrected chi connectivity index (χ2v) is 3.52. The zero-order chi connectivity index (χ0) is 9.97. The molecule has 0 aliphatic carbocycles. The molecule has 0 spiro atoms. The first-order valence-corrected chi connectivity index (χ1v) is 4.79. The first kappa shape index (κ1) is 8.99. The van der Waals surface area contributed by atoms with Gasteiger partial charge in [-0.3, -0.25) is 10.4 Å². The third-order valence-corrected chi connectivity index (χ3v) is 2.63. The minimum atomic E-state index is 0.163. The van der Waals surface area contributed by atoms with Crippen molar-refractivity contribution < 1.29 is 0 Å². The fraction of sp³-hybridized carbons (Fsp3) is 0.400. The predicted octanol–water partition coefficient (Wildman–Crippen LogP) is 1.11. The fourth-order valence-electron chi connectivity index (χ4n) is 1.97. The molecule has 0 bridgehead atoms. The lowest BCUT2D eigenvalue weighted by Gasteiger charge is -2.24. The molecule has 1 fully saturated rings. The third-order valence-electron chi connectivity index (χ3n) is 2.63. The van der Waals surface area contributed by atoms with Crippen LogP contribution in [0.4, 0.5) is 0 Å². The van der Waals surface area contributed by atoms with Crippen LogP contribution < -0.4 is 5.73 Å². The first-order valence-electron chi connectivity index (χ1n) is 4.79. The molecule has 0 saturated carbocycles. The Morgan fingerprint density at radius 2 is 2.50 bits per heavy atom. The fourth-order valence-corrected chi connectivity index (χ4v) is 1.97. The molecule has 1 aliphatic rings. The Kier molecular flexibility index (Phi) is 2.35. The summed E-state index contributed by atoms with van der Waals surface area (Å²) in [6, 6.07) is 4.21. The average Bonchev–Trinajstić information content (AvgIpc) is 2.67. The maximum atomic E-state index is 7.45. The summed E-state index contributed by atoms with van der Waals surface area (Å²) < 4.78 is 0. The summed E-state index contributed by atoms with van der Waals surface area (Å²) in [5, 5.41) is 7.45. The Bertz CT molecular complexity index is 322. The Morgan fingerprint density at radius 3 is 3.14 bits per heavy atom. The van der Waals surface area contributed by atoms with Crippen LogP contribution in [0.5, 0.6) is 0 Å². The van der Waals surface area contributed by atoms with Gasteiger partial charge in [-0.05, 0) is 24.5 Å². The molecule has 1 saturated heterocycles. The highest BCUT2D eigenvalue weighted by atomic mass is 15.3. The number of nitrogens with zero attached hydrogens (tertiary/aromatic N) is 2. The zero-order valence-electron chi connectivity index (χ0n) is 7.98. The van der Waals surface area contributed by atoms with Crippen molar-refractivity contribution in [3.05, 3.63) is 30.1 Å². The number of nitrogens with two attached hydrogens (primary N) is 1. The lowest BCUT2D eigenvalue weighted by atomic mass is 10.1. The second-order valence-electron chi connectivity index (χ2n) is 3.52. The summed E-state index contributed by atoms with van der Waals surface area (Å²) in [6.07, 6.45) is 5.77. The van der Waals surface area contributed by atoms with E-state index in [1.807, 2.05) is 23.2 Å². The van der Waals surface area contributed by atoms with Crippen LogP contribution in [0.15, 0.2) is 24.5 Å². The smallest absolute Gasteiger partial charge is 0.188 e. The molecule has 2 heterocycles. The van der Waals surface area contributed by atoms with E-state index >= 15 is 0 Å². The van der Waals surface area contributed by atoms with Gasteiger partial charge in [-0.1, -0.05) is 6.07 Å². The van der Waals surface area contributed by atoms with Crippen molar-refractivity contribution >= 4 is 5.96 Å². The molecule has 1 atom stereocenters. The highest BCUT2D eigenvalue weighted by molar-refractivity contribution is 5.75. The summed E-state index contributed by atoms with van der Waals surface area (Å²) in [7, 11) is 0. The number of hydrogen-bond donors (Lipinski definition) is 2. The predicted molar refractivity (Wildman–Crippen MR) is 54.8 cm³/mol. The van der Waals surface area contributed by atoms with Crippen molar-refractivity contribution in [2.45, 2.75) is 18.9 Å². The van der Waals surface area contributed by atoms with Gasteiger partial charge in [0.1, 0.15) is 0 Å². The zero-order valence-corrected chi connectivity index (χ0v) is 7.98. The van der Waals surface area contributed by atoms with Crippen LogP contribution in [0, 0.1) is 5.41 Å². The van der Waals surface area contributed by atoms with Gasteiger partial charge in [-0.15, -0.1) is 0 Å². The number of nitrogens with one attached hydrogen (secondary N) is 1. The van der Waals surface area contributed by atoms with E-state index < -0.39 is 0 Å². The molecule has 0 aromatic carbocycles. The Morgan fingerprint density at radius 1 is 1.64 bits per heavy atom. The number of rotatable bonds is 1. The van der Waals surface area contributed by atoms with Crippen molar-refractivity contribution in [3.8, 4) is 0 Å². The quantitative estimate of drug-likeness (QED) is 0.515. The minimum Gasteiger partial charge on any atom is -0.370 e. The van der Waals surface area contributed by atoms with Gasteiger partial charge < -0.3 is 10.6 Å². The normalized spacial score (nSPS) is 21.1. The highest BCUT2D eigenvalue weighted by Gasteiger charge is 2.26. The third kappa shape index (κ3) is 1.55. The first-order chi connectivity index (χ1) is 6.79. The van der Waals surface area contributed by atoms with Gasteiger partial charge in [0.15, 0.2) is 5.96 Å². The van der Waals surface area contributed by atoms with Crippen LogP contribution in [0.1, 0.15) is 24.4 Å².